The van der Waals surface area contributed by atoms with Gasteiger partial charge in [0.25, 0.3) is 0 Å². The van der Waals surface area contributed by atoms with Gasteiger partial charge in [-0.1, -0.05) is 0 Å². The fourth-order valence-electron chi connectivity index (χ4n) is 1.84. The summed E-state index contributed by atoms with van der Waals surface area (Å²) in [4.78, 5) is 11.0. The van der Waals surface area contributed by atoms with E-state index in [2.05, 4.69) is 17.6 Å². The molecule has 0 aromatic carbocycles. The van der Waals surface area contributed by atoms with Crippen molar-refractivity contribution < 1.29 is 9.53 Å². The van der Waals surface area contributed by atoms with Crippen LogP contribution in [0.25, 0.3) is 0 Å². The highest BCUT2D eigenvalue weighted by atomic mass is 16.5. The van der Waals surface area contributed by atoms with Crippen LogP contribution < -0.4 is 10.6 Å². The second-order valence-electron chi connectivity index (χ2n) is 4.42. The third-order valence-corrected chi connectivity index (χ3v) is 2.85. The molecule has 0 saturated carbocycles. The Bertz CT molecular complexity index is 201. The monoisotopic (exact) mass is 214 g/mol. The maximum Gasteiger partial charge on any atom is 0.219 e. The van der Waals surface area contributed by atoms with Crippen LogP contribution in [0.2, 0.25) is 0 Å². The predicted molar refractivity (Wildman–Crippen MR) is 59.8 cm³/mol. The molecule has 0 radical (unpaired) electrons. The molecule has 0 aliphatic carbocycles. The van der Waals surface area contributed by atoms with Gasteiger partial charge in [-0.25, -0.2) is 0 Å². The Morgan fingerprint density at radius 2 is 2.33 bits per heavy atom. The number of hydrogen-bond donors (Lipinski definition) is 2. The number of nitrogens with one attached hydrogen (secondary N) is 2. The molecular formula is C11H22N2O2. The van der Waals surface area contributed by atoms with E-state index < -0.39 is 0 Å². The first-order valence-electron chi connectivity index (χ1n) is 5.70. The van der Waals surface area contributed by atoms with E-state index in [0.29, 0.717) is 6.42 Å². The van der Waals surface area contributed by atoms with Gasteiger partial charge in [0, 0.05) is 25.6 Å². The van der Waals surface area contributed by atoms with Gasteiger partial charge in [0.15, 0.2) is 0 Å². The van der Waals surface area contributed by atoms with Crippen molar-refractivity contribution in [2.24, 2.45) is 0 Å². The molecule has 1 fully saturated rings. The van der Waals surface area contributed by atoms with Crippen LogP contribution in [0.15, 0.2) is 0 Å². The smallest absolute Gasteiger partial charge is 0.219 e. The summed E-state index contributed by atoms with van der Waals surface area (Å²) in [6, 6.07) is 0. The molecule has 1 saturated heterocycles. The van der Waals surface area contributed by atoms with Crippen molar-refractivity contribution in [3.8, 4) is 0 Å². The summed E-state index contributed by atoms with van der Waals surface area (Å²) in [7, 11) is 1.67. The predicted octanol–water partition coefficient (Wildman–Crippen LogP) is 0.671. The first-order chi connectivity index (χ1) is 7.16. The van der Waals surface area contributed by atoms with Gasteiger partial charge in [-0.3, -0.25) is 4.79 Å². The van der Waals surface area contributed by atoms with E-state index in [9.17, 15) is 4.79 Å². The van der Waals surface area contributed by atoms with Crippen LogP contribution in [0, 0.1) is 0 Å². The molecule has 4 heteroatoms. The number of carbonyl (C=O) groups excluding carboxylic acids is 1. The SMILES string of the molecule is CNC(=O)CCCNC1(C)CCCOC1. The minimum atomic E-state index is 0.112. The highest BCUT2D eigenvalue weighted by molar-refractivity contribution is 5.75. The maximum absolute atomic E-state index is 11.0. The van der Waals surface area contributed by atoms with Crippen molar-refractivity contribution in [1.29, 1.82) is 0 Å². The third-order valence-electron chi connectivity index (χ3n) is 2.85. The van der Waals surface area contributed by atoms with Gasteiger partial charge in [0.2, 0.25) is 5.91 Å². The van der Waals surface area contributed by atoms with Crippen molar-refractivity contribution in [2.45, 2.75) is 38.1 Å². The van der Waals surface area contributed by atoms with Gasteiger partial charge in [0.05, 0.1) is 6.61 Å². The molecular weight excluding hydrogens is 192 g/mol. The van der Waals surface area contributed by atoms with Crippen LogP contribution in [0.1, 0.15) is 32.6 Å². The lowest BCUT2D eigenvalue weighted by atomic mass is 9.95. The third kappa shape index (κ3) is 4.62. The van der Waals surface area contributed by atoms with Crippen molar-refractivity contribution in [1.82, 2.24) is 10.6 Å². The van der Waals surface area contributed by atoms with Gasteiger partial charge < -0.3 is 15.4 Å². The molecule has 0 aromatic heterocycles. The van der Waals surface area contributed by atoms with E-state index in [1.165, 1.54) is 0 Å². The lowest BCUT2D eigenvalue weighted by Gasteiger charge is -2.34. The van der Waals surface area contributed by atoms with Gasteiger partial charge >= 0.3 is 0 Å². The Hall–Kier alpha value is -0.610. The van der Waals surface area contributed by atoms with E-state index >= 15 is 0 Å². The zero-order chi connectivity index (χ0) is 11.1. The summed E-state index contributed by atoms with van der Waals surface area (Å²) < 4.78 is 5.44. The quantitative estimate of drug-likeness (QED) is 0.661. The summed E-state index contributed by atoms with van der Waals surface area (Å²) in [6.45, 7) is 4.74. The molecule has 0 bridgehead atoms. The number of hydrogen-bond acceptors (Lipinski definition) is 3. The number of rotatable bonds is 5. The van der Waals surface area contributed by atoms with Gasteiger partial charge in [-0.2, -0.15) is 0 Å². The fourth-order valence-corrected chi connectivity index (χ4v) is 1.84. The van der Waals surface area contributed by atoms with E-state index in [-0.39, 0.29) is 11.4 Å². The molecule has 2 N–H and O–H groups in total. The second kappa shape index (κ2) is 6.08. The van der Waals surface area contributed by atoms with Crippen LogP contribution in [-0.4, -0.2) is 38.3 Å². The summed E-state index contributed by atoms with van der Waals surface area (Å²) in [5.41, 5.74) is 0.112. The van der Waals surface area contributed by atoms with E-state index in [1.807, 2.05) is 0 Å². The number of ether oxygens (including phenoxy) is 1. The van der Waals surface area contributed by atoms with Crippen molar-refractivity contribution in [2.75, 3.05) is 26.8 Å². The minimum absolute atomic E-state index is 0.112. The molecule has 0 spiro atoms. The largest absolute Gasteiger partial charge is 0.380 e. The van der Waals surface area contributed by atoms with Crippen LogP contribution in [0.5, 0.6) is 0 Å². The highest BCUT2D eigenvalue weighted by Gasteiger charge is 2.26. The van der Waals surface area contributed by atoms with Gasteiger partial charge in [-0.15, -0.1) is 0 Å². The van der Waals surface area contributed by atoms with Crippen molar-refractivity contribution >= 4 is 5.91 Å². The lowest BCUT2D eigenvalue weighted by Crippen LogP contribution is -2.49. The lowest BCUT2D eigenvalue weighted by molar-refractivity contribution is -0.120. The molecule has 1 rings (SSSR count). The van der Waals surface area contributed by atoms with Crippen molar-refractivity contribution in [3.05, 3.63) is 0 Å². The molecule has 1 aliphatic heterocycles. The maximum atomic E-state index is 11.0. The molecule has 1 aliphatic rings. The molecule has 0 aromatic rings. The number of carbonyl (C=O) groups is 1. The Balaban J connectivity index is 2.10. The van der Waals surface area contributed by atoms with Crippen LogP contribution in [-0.2, 0) is 9.53 Å². The summed E-state index contributed by atoms with van der Waals surface area (Å²) in [5.74, 6) is 0.113. The van der Waals surface area contributed by atoms with Gasteiger partial charge in [-0.05, 0) is 32.7 Å². The molecule has 1 atom stereocenters. The molecule has 1 amide bonds. The summed E-state index contributed by atoms with van der Waals surface area (Å²) in [6.07, 6.45) is 3.77. The normalized spacial score (nSPS) is 26.3. The minimum Gasteiger partial charge on any atom is -0.380 e. The Labute approximate surface area is 91.8 Å². The average molecular weight is 214 g/mol. The first kappa shape index (κ1) is 12.5. The molecule has 1 unspecified atom stereocenters. The van der Waals surface area contributed by atoms with Crippen molar-refractivity contribution in [3.63, 3.8) is 0 Å². The molecule has 15 heavy (non-hydrogen) atoms. The topological polar surface area (TPSA) is 50.4 Å². The Kier molecular flexibility index (Phi) is 5.05. The number of amides is 1. The second-order valence-corrected chi connectivity index (χ2v) is 4.42. The first-order valence-corrected chi connectivity index (χ1v) is 5.70. The molecule has 4 nitrogen and oxygen atoms in total. The molecule has 88 valence electrons. The summed E-state index contributed by atoms with van der Waals surface area (Å²) in [5, 5.41) is 6.09. The molecule has 1 heterocycles. The van der Waals surface area contributed by atoms with Gasteiger partial charge in [0.1, 0.15) is 0 Å². The van der Waals surface area contributed by atoms with E-state index in [0.717, 1.165) is 39.0 Å². The zero-order valence-corrected chi connectivity index (χ0v) is 9.77. The van der Waals surface area contributed by atoms with E-state index in [4.69, 9.17) is 4.74 Å². The standard InChI is InChI=1S/C11H22N2O2/c1-11(6-4-8-15-9-11)13-7-3-5-10(14)12-2/h13H,3-9H2,1-2H3,(H,12,14). The average Bonchev–Trinajstić information content (AvgIpc) is 2.25. The Morgan fingerprint density at radius 3 is 2.93 bits per heavy atom. The zero-order valence-electron chi connectivity index (χ0n) is 9.77. The summed E-state index contributed by atoms with van der Waals surface area (Å²) >= 11 is 0. The highest BCUT2D eigenvalue weighted by Crippen LogP contribution is 2.17. The van der Waals surface area contributed by atoms with E-state index in [1.54, 1.807) is 7.05 Å². The Morgan fingerprint density at radius 1 is 1.53 bits per heavy atom. The fraction of sp³-hybridized carbons (Fsp3) is 0.909. The van der Waals surface area contributed by atoms with Crippen LogP contribution >= 0.6 is 0 Å². The van der Waals surface area contributed by atoms with Crippen LogP contribution in [0.3, 0.4) is 0 Å². The van der Waals surface area contributed by atoms with Crippen LogP contribution in [0.4, 0.5) is 0 Å².